The summed E-state index contributed by atoms with van der Waals surface area (Å²) < 4.78 is 38.4. The van der Waals surface area contributed by atoms with Crippen molar-refractivity contribution in [2.24, 2.45) is 0 Å². The molecule has 1 heterocycles. The van der Waals surface area contributed by atoms with E-state index in [1.165, 1.54) is 36.1 Å². The lowest BCUT2D eigenvalue weighted by atomic mass is 9.80. The van der Waals surface area contributed by atoms with Crippen molar-refractivity contribution in [3.8, 4) is 5.75 Å². The summed E-state index contributed by atoms with van der Waals surface area (Å²) in [7, 11) is -3.71. The Morgan fingerprint density at radius 1 is 0.943 bits per heavy atom. The molecule has 35 heavy (non-hydrogen) atoms. The molecule has 0 aliphatic heterocycles. The van der Waals surface area contributed by atoms with Gasteiger partial charge in [0.15, 0.2) is 6.61 Å². The van der Waals surface area contributed by atoms with Gasteiger partial charge in [0.1, 0.15) is 11.5 Å². The molecule has 1 amide bonds. The van der Waals surface area contributed by atoms with Gasteiger partial charge in [-0.15, -0.1) is 0 Å². The molecular weight excluding hydrogens is 464 g/mol. The van der Waals surface area contributed by atoms with Crippen molar-refractivity contribution in [1.29, 1.82) is 0 Å². The number of hydrogen-bond donors (Lipinski definition) is 2. The minimum absolute atomic E-state index is 0.00381. The number of amides is 1. The second-order valence-electron chi connectivity index (χ2n) is 10.5. The Bertz CT molecular complexity index is 1250. The van der Waals surface area contributed by atoms with Crippen molar-refractivity contribution < 1.29 is 22.4 Å². The average molecular weight is 499 g/mol. The fourth-order valence-corrected chi connectivity index (χ4v) is 4.42. The number of rotatable bonds is 8. The molecule has 0 bridgehead atoms. The van der Waals surface area contributed by atoms with Crippen molar-refractivity contribution in [1.82, 2.24) is 4.72 Å². The Balaban J connectivity index is 1.62. The molecule has 3 aromatic rings. The van der Waals surface area contributed by atoms with E-state index in [0.717, 1.165) is 5.56 Å². The average Bonchev–Trinajstić information content (AvgIpc) is 3.29. The van der Waals surface area contributed by atoms with E-state index < -0.39 is 10.0 Å². The third-order valence-corrected chi connectivity index (χ3v) is 6.89. The number of ether oxygens (including phenoxy) is 1. The van der Waals surface area contributed by atoms with Crippen LogP contribution in [-0.2, 0) is 32.2 Å². The monoisotopic (exact) mass is 498 g/mol. The van der Waals surface area contributed by atoms with Crippen LogP contribution in [-0.4, -0.2) is 20.9 Å². The first-order valence-electron chi connectivity index (χ1n) is 11.5. The lowest BCUT2D eigenvalue weighted by Gasteiger charge is -2.27. The van der Waals surface area contributed by atoms with Crippen LogP contribution in [0.1, 0.15) is 58.4 Å². The van der Waals surface area contributed by atoms with Crippen molar-refractivity contribution in [3.63, 3.8) is 0 Å². The second-order valence-corrected chi connectivity index (χ2v) is 12.2. The molecule has 0 saturated heterocycles. The van der Waals surface area contributed by atoms with Crippen molar-refractivity contribution in [2.75, 3.05) is 11.9 Å². The fourth-order valence-electron chi connectivity index (χ4n) is 3.43. The minimum atomic E-state index is -3.71. The molecule has 8 heteroatoms. The Morgan fingerprint density at radius 2 is 1.63 bits per heavy atom. The largest absolute Gasteiger partial charge is 0.483 e. The lowest BCUT2D eigenvalue weighted by Crippen LogP contribution is -2.24. The summed E-state index contributed by atoms with van der Waals surface area (Å²) in [5.41, 5.74) is 2.56. The summed E-state index contributed by atoms with van der Waals surface area (Å²) in [5, 5.41) is 2.74. The summed E-state index contributed by atoms with van der Waals surface area (Å²) in [6.07, 6.45) is 1.48. The molecule has 0 fully saturated rings. The summed E-state index contributed by atoms with van der Waals surface area (Å²) in [6, 6.07) is 15.4. The topological polar surface area (TPSA) is 97.6 Å². The number of carbonyl (C=O) groups is 1. The van der Waals surface area contributed by atoms with Gasteiger partial charge < -0.3 is 14.5 Å². The number of furan rings is 1. The highest BCUT2D eigenvalue weighted by atomic mass is 32.2. The zero-order valence-corrected chi connectivity index (χ0v) is 22.0. The molecule has 0 unspecified atom stereocenters. The van der Waals surface area contributed by atoms with Gasteiger partial charge in [0.05, 0.1) is 17.7 Å². The van der Waals surface area contributed by atoms with Gasteiger partial charge in [-0.25, -0.2) is 13.1 Å². The fraction of sp³-hybridized carbons (Fsp3) is 0.370. The zero-order chi connectivity index (χ0) is 25.9. The molecule has 0 aliphatic carbocycles. The SMILES string of the molecule is CC(C)(C)c1ccc(OCC(=O)Nc2ccc(S(=O)(=O)NCc3ccco3)cc2)c(C(C)(C)C)c1. The molecule has 2 aromatic carbocycles. The van der Waals surface area contributed by atoms with Crippen LogP contribution in [0.25, 0.3) is 0 Å². The second kappa shape index (κ2) is 10.3. The number of hydrogen-bond acceptors (Lipinski definition) is 5. The molecule has 2 N–H and O–H groups in total. The Morgan fingerprint density at radius 3 is 2.20 bits per heavy atom. The maximum absolute atomic E-state index is 12.5. The molecular formula is C27H34N2O5S. The predicted octanol–water partition coefficient (Wildman–Crippen LogP) is 5.37. The zero-order valence-electron chi connectivity index (χ0n) is 21.1. The van der Waals surface area contributed by atoms with Gasteiger partial charge in [-0.05, 0) is 64.4 Å². The van der Waals surface area contributed by atoms with E-state index in [0.29, 0.717) is 17.2 Å². The number of anilines is 1. The molecule has 0 aliphatic rings. The van der Waals surface area contributed by atoms with Crippen LogP contribution in [0.15, 0.2) is 70.2 Å². The molecule has 0 saturated carbocycles. The van der Waals surface area contributed by atoms with Crippen molar-refractivity contribution in [2.45, 2.75) is 63.8 Å². The normalized spacial score (nSPS) is 12.4. The lowest BCUT2D eigenvalue weighted by molar-refractivity contribution is -0.118. The van der Waals surface area contributed by atoms with E-state index in [2.05, 4.69) is 57.6 Å². The van der Waals surface area contributed by atoms with Crippen LogP contribution in [0, 0.1) is 0 Å². The van der Waals surface area contributed by atoms with Crippen LogP contribution < -0.4 is 14.8 Å². The smallest absolute Gasteiger partial charge is 0.262 e. The van der Waals surface area contributed by atoms with Crippen molar-refractivity contribution >= 4 is 21.6 Å². The summed E-state index contributed by atoms with van der Waals surface area (Å²) in [5.74, 6) is 0.848. The minimum Gasteiger partial charge on any atom is -0.483 e. The van der Waals surface area contributed by atoms with Crippen LogP contribution in [0.3, 0.4) is 0 Å². The Labute approximate surface area is 207 Å². The Kier molecular flexibility index (Phi) is 7.77. The van der Waals surface area contributed by atoms with Gasteiger partial charge >= 0.3 is 0 Å². The van der Waals surface area contributed by atoms with E-state index in [1.54, 1.807) is 12.1 Å². The van der Waals surface area contributed by atoms with Gasteiger partial charge in [0.2, 0.25) is 10.0 Å². The predicted molar refractivity (Wildman–Crippen MR) is 137 cm³/mol. The quantitative estimate of drug-likeness (QED) is 0.435. The standard InChI is InChI=1S/C27H34N2O5S/c1-26(2,3)19-9-14-24(23(16-19)27(4,5)6)34-18-25(30)29-20-10-12-22(13-11-20)35(31,32)28-17-21-8-7-15-33-21/h7-16,28H,17-18H2,1-6H3,(H,29,30). The summed E-state index contributed by atoms with van der Waals surface area (Å²) in [6.45, 7) is 12.7. The number of benzene rings is 2. The van der Waals surface area contributed by atoms with Crippen LogP contribution in [0.4, 0.5) is 5.69 Å². The molecule has 3 rings (SSSR count). The highest BCUT2D eigenvalue weighted by Gasteiger charge is 2.23. The molecule has 1 aromatic heterocycles. The molecule has 188 valence electrons. The first-order chi connectivity index (χ1) is 16.3. The van der Waals surface area contributed by atoms with E-state index in [-0.39, 0.29) is 34.8 Å². The third-order valence-electron chi connectivity index (χ3n) is 5.48. The first-order valence-corrected chi connectivity index (χ1v) is 12.9. The Hall–Kier alpha value is -3.10. The number of sulfonamides is 1. The van der Waals surface area contributed by atoms with Crippen LogP contribution in [0.5, 0.6) is 5.75 Å². The molecule has 7 nitrogen and oxygen atoms in total. The van der Waals surface area contributed by atoms with Gasteiger partial charge in [-0.3, -0.25) is 4.79 Å². The maximum atomic E-state index is 12.5. The van der Waals surface area contributed by atoms with Gasteiger partial charge in [0.25, 0.3) is 5.91 Å². The maximum Gasteiger partial charge on any atom is 0.262 e. The van der Waals surface area contributed by atoms with E-state index >= 15 is 0 Å². The molecule has 0 radical (unpaired) electrons. The van der Waals surface area contributed by atoms with Crippen molar-refractivity contribution in [3.05, 3.63) is 77.7 Å². The molecule has 0 spiro atoms. The highest BCUT2D eigenvalue weighted by molar-refractivity contribution is 7.89. The van der Waals surface area contributed by atoms with Gasteiger partial charge in [-0.1, -0.05) is 53.7 Å². The number of carbonyl (C=O) groups excluding carboxylic acids is 1. The summed E-state index contributed by atoms with van der Waals surface area (Å²) >= 11 is 0. The highest BCUT2D eigenvalue weighted by Crippen LogP contribution is 2.35. The van der Waals surface area contributed by atoms with E-state index in [9.17, 15) is 13.2 Å². The van der Waals surface area contributed by atoms with Crippen LogP contribution in [0.2, 0.25) is 0 Å². The van der Waals surface area contributed by atoms with Gasteiger partial charge in [0, 0.05) is 5.69 Å². The first kappa shape index (κ1) is 26.5. The molecule has 0 atom stereocenters. The van der Waals surface area contributed by atoms with Crippen LogP contribution >= 0.6 is 0 Å². The summed E-state index contributed by atoms with van der Waals surface area (Å²) in [4.78, 5) is 12.6. The number of nitrogens with one attached hydrogen (secondary N) is 2. The van der Waals surface area contributed by atoms with E-state index in [1.807, 2.05) is 12.1 Å². The third kappa shape index (κ3) is 7.19. The van der Waals surface area contributed by atoms with Gasteiger partial charge in [-0.2, -0.15) is 0 Å². The van der Waals surface area contributed by atoms with E-state index in [4.69, 9.17) is 9.15 Å².